The minimum Gasteiger partial charge on any atom is -0.512 e. The molecule has 0 radical (unpaired) electrons. The van der Waals surface area contributed by atoms with Crippen LogP contribution in [0, 0.1) is 6.92 Å². The van der Waals surface area contributed by atoms with Crippen molar-refractivity contribution >= 4 is 11.8 Å². The van der Waals surface area contributed by atoms with Gasteiger partial charge in [0.1, 0.15) is 17.2 Å². The number of rotatable bonds is 9. The smallest absolute Gasteiger partial charge is 0.127 e. The summed E-state index contributed by atoms with van der Waals surface area (Å²) < 4.78 is 11.4. The number of aliphatic hydroxyl groups is 1. The summed E-state index contributed by atoms with van der Waals surface area (Å²) in [6.45, 7) is 6.73. The molecule has 4 heteroatoms. The molecule has 0 amide bonds. The van der Waals surface area contributed by atoms with Gasteiger partial charge in [-0.2, -0.15) is 0 Å². The molecule has 3 nitrogen and oxygen atoms in total. The van der Waals surface area contributed by atoms with Crippen LogP contribution in [0.5, 0.6) is 17.2 Å². The number of allylic oxidation sites excluding steroid dienone is 2. The number of aryl methyl sites for hydroxylation is 1. The summed E-state index contributed by atoms with van der Waals surface area (Å²) in [6.07, 6.45) is 3.26. The molecule has 0 saturated heterocycles. The molecule has 0 saturated carbocycles. The minimum absolute atomic E-state index is 0.426. The average Bonchev–Trinajstić information content (AvgIpc) is 2.71. The van der Waals surface area contributed by atoms with Gasteiger partial charge in [0.2, 0.25) is 0 Å². The lowest BCUT2D eigenvalue weighted by molar-refractivity contribution is 0.339. The van der Waals surface area contributed by atoms with Crippen LogP contribution in [0.4, 0.5) is 0 Å². The van der Waals surface area contributed by atoms with Gasteiger partial charge in [-0.1, -0.05) is 24.8 Å². The Morgan fingerprint density at radius 1 is 0.867 bits per heavy atom. The van der Waals surface area contributed by atoms with Gasteiger partial charge in [0.25, 0.3) is 0 Å². The maximum absolute atomic E-state index is 10.0. The molecule has 30 heavy (non-hydrogen) atoms. The Labute approximate surface area is 183 Å². The highest BCUT2D eigenvalue weighted by atomic mass is 32.2. The van der Waals surface area contributed by atoms with Gasteiger partial charge in [-0.25, -0.2) is 0 Å². The van der Waals surface area contributed by atoms with Crippen LogP contribution < -0.4 is 9.47 Å². The topological polar surface area (TPSA) is 38.7 Å². The van der Waals surface area contributed by atoms with Crippen molar-refractivity contribution in [1.82, 2.24) is 0 Å². The summed E-state index contributed by atoms with van der Waals surface area (Å²) >= 11 is 1.71. The van der Waals surface area contributed by atoms with Crippen molar-refractivity contribution in [1.29, 1.82) is 0 Å². The Morgan fingerprint density at radius 3 is 2.13 bits per heavy atom. The molecule has 3 rings (SSSR count). The molecule has 0 spiro atoms. The van der Waals surface area contributed by atoms with E-state index in [4.69, 9.17) is 9.47 Å². The predicted molar refractivity (Wildman–Crippen MR) is 124 cm³/mol. The first kappa shape index (κ1) is 21.8. The Hall–Kier alpha value is -2.85. The number of aliphatic hydroxyl groups excluding tert-OH is 1. The first-order valence-corrected chi connectivity index (χ1v) is 11.0. The number of benzene rings is 3. The lowest BCUT2D eigenvalue weighted by Gasteiger charge is -2.10. The van der Waals surface area contributed by atoms with E-state index < -0.39 is 0 Å². The normalized spacial score (nSPS) is 11.4. The van der Waals surface area contributed by atoms with Gasteiger partial charge in [0, 0.05) is 16.2 Å². The fourth-order valence-electron chi connectivity index (χ4n) is 3.12. The SMILES string of the molecule is CC/C=C(/O)Cc1cc(C)cc(Sc2ccc(Oc3ccc(OCC)cc3)cc2)c1. The predicted octanol–water partition coefficient (Wildman–Crippen LogP) is 7.73. The number of hydrogen-bond acceptors (Lipinski definition) is 4. The molecule has 0 heterocycles. The molecule has 3 aromatic rings. The van der Waals surface area contributed by atoms with Gasteiger partial charge in [0.05, 0.1) is 12.4 Å². The molecule has 0 aliphatic carbocycles. The molecule has 1 N–H and O–H groups in total. The van der Waals surface area contributed by atoms with Crippen LogP contribution >= 0.6 is 11.8 Å². The van der Waals surface area contributed by atoms with Crippen LogP contribution in [-0.2, 0) is 6.42 Å². The third-order valence-electron chi connectivity index (χ3n) is 4.37. The second-order valence-electron chi connectivity index (χ2n) is 7.01. The van der Waals surface area contributed by atoms with Crippen molar-refractivity contribution in [2.45, 2.75) is 43.4 Å². The Kier molecular flexibility index (Phi) is 7.86. The highest BCUT2D eigenvalue weighted by Crippen LogP contribution is 2.32. The van der Waals surface area contributed by atoms with E-state index in [1.807, 2.05) is 56.3 Å². The maximum atomic E-state index is 10.0. The summed E-state index contributed by atoms with van der Waals surface area (Å²) in [5.41, 5.74) is 2.31. The lowest BCUT2D eigenvalue weighted by atomic mass is 10.1. The van der Waals surface area contributed by atoms with E-state index in [1.165, 1.54) is 5.56 Å². The average molecular weight is 421 g/mol. The largest absolute Gasteiger partial charge is 0.512 e. The quantitative estimate of drug-likeness (QED) is 0.359. The van der Waals surface area contributed by atoms with Crippen LogP contribution in [0.2, 0.25) is 0 Å². The van der Waals surface area contributed by atoms with E-state index in [2.05, 4.69) is 37.3 Å². The third kappa shape index (κ3) is 6.60. The van der Waals surface area contributed by atoms with Crippen LogP contribution in [0.1, 0.15) is 31.4 Å². The summed E-state index contributed by atoms with van der Waals surface area (Å²) in [5, 5.41) is 10.0. The Balaban J connectivity index is 1.65. The zero-order chi connectivity index (χ0) is 21.3. The van der Waals surface area contributed by atoms with Crippen LogP contribution in [0.3, 0.4) is 0 Å². The summed E-state index contributed by atoms with van der Waals surface area (Å²) in [5.74, 6) is 2.84. The second kappa shape index (κ2) is 10.8. The lowest BCUT2D eigenvalue weighted by Crippen LogP contribution is -1.91. The molecule has 3 aromatic carbocycles. The Bertz CT molecular complexity index is 976. The van der Waals surface area contributed by atoms with Gasteiger partial charge < -0.3 is 14.6 Å². The van der Waals surface area contributed by atoms with E-state index >= 15 is 0 Å². The van der Waals surface area contributed by atoms with Crippen LogP contribution in [-0.4, -0.2) is 11.7 Å². The third-order valence-corrected chi connectivity index (χ3v) is 5.34. The van der Waals surface area contributed by atoms with Crippen molar-refractivity contribution in [3.8, 4) is 17.2 Å². The van der Waals surface area contributed by atoms with E-state index in [1.54, 1.807) is 11.8 Å². The van der Waals surface area contributed by atoms with Crippen molar-refractivity contribution < 1.29 is 14.6 Å². The molecule has 0 aliphatic heterocycles. The number of hydrogen-bond donors (Lipinski definition) is 1. The molecule has 0 fully saturated rings. The first-order chi connectivity index (χ1) is 14.6. The van der Waals surface area contributed by atoms with Crippen molar-refractivity contribution in [3.63, 3.8) is 0 Å². The van der Waals surface area contributed by atoms with E-state index in [0.29, 0.717) is 18.8 Å². The fourth-order valence-corrected chi connectivity index (χ4v) is 4.12. The van der Waals surface area contributed by atoms with E-state index in [9.17, 15) is 5.11 Å². The van der Waals surface area contributed by atoms with Crippen molar-refractivity contribution in [2.75, 3.05) is 6.61 Å². The Morgan fingerprint density at radius 2 is 1.50 bits per heavy atom. The van der Waals surface area contributed by atoms with E-state index in [-0.39, 0.29) is 0 Å². The number of ether oxygens (including phenoxy) is 2. The molecule has 156 valence electrons. The molecular weight excluding hydrogens is 392 g/mol. The standard InChI is InChI=1S/C26H28O3S/c1-4-6-21(27)17-20-15-19(3)16-26(18-20)30-25-13-11-24(12-14-25)29-23-9-7-22(8-10-23)28-5-2/h6-16,18,27H,4-5,17H2,1-3H3/b21-6+. The van der Waals surface area contributed by atoms with Gasteiger partial charge in [-0.05, 0) is 98.1 Å². The fraction of sp³-hybridized carbons (Fsp3) is 0.231. The molecule has 0 bridgehead atoms. The first-order valence-electron chi connectivity index (χ1n) is 10.2. The van der Waals surface area contributed by atoms with Crippen molar-refractivity contribution in [3.05, 3.63) is 89.7 Å². The highest BCUT2D eigenvalue weighted by molar-refractivity contribution is 7.99. The zero-order valence-corrected chi connectivity index (χ0v) is 18.5. The monoisotopic (exact) mass is 420 g/mol. The van der Waals surface area contributed by atoms with Gasteiger partial charge >= 0.3 is 0 Å². The molecule has 0 atom stereocenters. The van der Waals surface area contributed by atoms with Crippen LogP contribution in [0.15, 0.2) is 88.4 Å². The summed E-state index contributed by atoms with van der Waals surface area (Å²) in [6, 6.07) is 22.1. The second-order valence-corrected chi connectivity index (χ2v) is 8.16. The van der Waals surface area contributed by atoms with Gasteiger partial charge in [0.15, 0.2) is 0 Å². The minimum atomic E-state index is 0.426. The maximum Gasteiger partial charge on any atom is 0.127 e. The molecule has 0 aliphatic rings. The zero-order valence-electron chi connectivity index (χ0n) is 17.7. The highest BCUT2D eigenvalue weighted by Gasteiger charge is 2.05. The molecular formula is C26H28O3S. The van der Waals surface area contributed by atoms with Gasteiger partial charge in [-0.3, -0.25) is 0 Å². The van der Waals surface area contributed by atoms with Crippen LogP contribution in [0.25, 0.3) is 0 Å². The van der Waals surface area contributed by atoms with Gasteiger partial charge in [-0.15, -0.1) is 0 Å². The van der Waals surface area contributed by atoms with Crippen molar-refractivity contribution in [2.24, 2.45) is 0 Å². The summed E-state index contributed by atoms with van der Waals surface area (Å²) in [4.78, 5) is 2.30. The van der Waals surface area contributed by atoms with E-state index in [0.717, 1.165) is 39.0 Å². The summed E-state index contributed by atoms with van der Waals surface area (Å²) in [7, 11) is 0. The molecule has 0 aromatic heterocycles. The molecule has 0 unspecified atom stereocenters.